The van der Waals surface area contributed by atoms with Crippen molar-refractivity contribution in [3.8, 4) is 0 Å². The summed E-state index contributed by atoms with van der Waals surface area (Å²) < 4.78 is 0. The lowest BCUT2D eigenvalue weighted by Crippen LogP contribution is -2.45. The number of rotatable bonds is 3. The van der Waals surface area contributed by atoms with Gasteiger partial charge in [0.05, 0.1) is 5.60 Å². The summed E-state index contributed by atoms with van der Waals surface area (Å²) >= 11 is 0. The van der Waals surface area contributed by atoms with Crippen LogP contribution in [0.25, 0.3) is 0 Å². The number of fused-ring (bicyclic) bond motifs is 1. The Morgan fingerprint density at radius 2 is 1.75 bits per heavy atom. The highest BCUT2D eigenvalue weighted by Crippen LogP contribution is 2.30. The van der Waals surface area contributed by atoms with Gasteiger partial charge in [0.25, 0.3) is 0 Å². The minimum Gasteiger partial charge on any atom is -0.387 e. The Labute approximate surface area is 120 Å². The molecule has 1 amide bonds. The highest BCUT2D eigenvalue weighted by Gasteiger charge is 2.35. The molecule has 2 N–H and O–H groups in total. The molecular formula is C17H23NO2. The largest absolute Gasteiger partial charge is 0.387 e. The summed E-state index contributed by atoms with van der Waals surface area (Å²) in [6, 6.07) is 8.14. The first-order valence-electron chi connectivity index (χ1n) is 7.73. The van der Waals surface area contributed by atoms with Crippen LogP contribution >= 0.6 is 0 Å². The van der Waals surface area contributed by atoms with Crippen LogP contribution < -0.4 is 5.32 Å². The fourth-order valence-electron chi connectivity index (χ4n) is 3.56. The Kier molecular flexibility index (Phi) is 3.79. The second kappa shape index (κ2) is 5.57. The maximum atomic E-state index is 12.1. The third-order valence-corrected chi connectivity index (χ3v) is 4.73. The van der Waals surface area contributed by atoms with E-state index in [9.17, 15) is 9.90 Å². The molecule has 0 saturated heterocycles. The zero-order chi connectivity index (χ0) is 14.0. The number of aliphatic hydroxyl groups is 1. The number of hydrogen-bond acceptors (Lipinski definition) is 2. The first-order valence-corrected chi connectivity index (χ1v) is 7.73. The molecule has 3 nitrogen and oxygen atoms in total. The molecule has 2 aliphatic carbocycles. The molecule has 2 aliphatic rings. The van der Waals surface area contributed by atoms with Gasteiger partial charge in [0.15, 0.2) is 0 Å². The van der Waals surface area contributed by atoms with Crippen LogP contribution in [0, 0.1) is 5.92 Å². The SMILES string of the molecule is O=C(NCC1(O)Cc2ccccc2C1)C1CCCCC1. The van der Waals surface area contributed by atoms with E-state index in [1.807, 2.05) is 12.1 Å². The summed E-state index contributed by atoms with van der Waals surface area (Å²) in [5, 5.41) is 13.6. The van der Waals surface area contributed by atoms with E-state index in [1.165, 1.54) is 17.5 Å². The monoisotopic (exact) mass is 273 g/mol. The van der Waals surface area contributed by atoms with E-state index < -0.39 is 5.60 Å². The smallest absolute Gasteiger partial charge is 0.223 e. The van der Waals surface area contributed by atoms with Crippen LogP contribution in [0.1, 0.15) is 43.2 Å². The molecule has 1 aromatic rings. The molecule has 0 heterocycles. The van der Waals surface area contributed by atoms with Crippen molar-refractivity contribution in [3.63, 3.8) is 0 Å². The molecule has 1 aromatic carbocycles. The number of carbonyl (C=O) groups is 1. The highest BCUT2D eigenvalue weighted by molar-refractivity contribution is 5.78. The lowest BCUT2D eigenvalue weighted by Gasteiger charge is -2.26. The second-order valence-corrected chi connectivity index (χ2v) is 6.40. The van der Waals surface area contributed by atoms with Crippen LogP contribution in [0.2, 0.25) is 0 Å². The first-order chi connectivity index (χ1) is 9.66. The predicted octanol–water partition coefficient (Wildman–Crippen LogP) is 2.21. The van der Waals surface area contributed by atoms with Crippen molar-refractivity contribution in [1.29, 1.82) is 0 Å². The lowest BCUT2D eigenvalue weighted by molar-refractivity contribution is -0.127. The van der Waals surface area contributed by atoms with Crippen molar-refractivity contribution < 1.29 is 9.90 Å². The van der Waals surface area contributed by atoms with Crippen LogP contribution in [0.5, 0.6) is 0 Å². The van der Waals surface area contributed by atoms with Crippen LogP contribution in [0.15, 0.2) is 24.3 Å². The Morgan fingerprint density at radius 1 is 1.15 bits per heavy atom. The van der Waals surface area contributed by atoms with Gasteiger partial charge in [0.2, 0.25) is 5.91 Å². The maximum absolute atomic E-state index is 12.1. The Bertz CT molecular complexity index is 467. The third-order valence-electron chi connectivity index (χ3n) is 4.73. The van der Waals surface area contributed by atoms with E-state index in [2.05, 4.69) is 17.4 Å². The maximum Gasteiger partial charge on any atom is 0.223 e. The van der Waals surface area contributed by atoms with Crippen molar-refractivity contribution in [3.05, 3.63) is 35.4 Å². The van der Waals surface area contributed by atoms with Crippen LogP contribution in [-0.2, 0) is 17.6 Å². The van der Waals surface area contributed by atoms with Gasteiger partial charge in [-0.05, 0) is 24.0 Å². The van der Waals surface area contributed by atoms with E-state index in [-0.39, 0.29) is 11.8 Å². The predicted molar refractivity (Wildman–Crippen MR) is 78.4 cm³/mol. The van der Waals surface area contributed by atoms with Gasteiger partial charge >= 0.3 is 0 Å². The van der Waals surface area contributed by atoms with E-state index in [1.54, 1.807) is 0 Å². The molecule has 3 heteroatoms. The zero-order valence-corrected chi connectivity index (χ0v) is 11.9. The number of amides is 1. The van der Waals surface area contributed by atoms with Gasteiger partial charge in [0, 0.05) is 25.3 Å². The van der Waals surface area contributed by atoms with E-state index in [0.29, 0.717) is 19.4 Å². The average molecular weight is 273 g/mol. The standard InChI is InChI=1S/C17H23NO2/c19-16(13-6-2-1-3-7-13)18-12-17(20)10-14-8-4-5-9-15(14)11-17/h4-5,8-9,13,20H,1-3,6-7,10-12H2,(H,18,19). The van der Waals surface area contributed by atoms with E-state index >= 15 is 0 Å². The van der Waals surface area contributed by atoms with Crippen LogP contribution in [-0.4, -0.2) is 23.2 Å². The van der Waals surface area contributed by atoms with Crippen molar-refractivity contribution in [1.82, 2.24) is 5.32 Å². The first kappa shape index (κ1) is 13.6. The van der Waals surface area contributed by atoms with Gasteiger partial charge < -0.3 is 10.4 Å². The van der Waals surface area contributed by atoms with Crippen molar-refractivity contribution in [2.24, 2.45) is 5.92 Å². The Balaban J connectivity index is 1.55. The number of nitrogens with one attached hydrogen (secondary N) is 1. The van der Waals surface area contributed by atoms with Gasteiger partial charge in [-0.2, -0.15) is 0 Å². The van der Waals surface area contributed by atoms with Crippen molar-refractivity contribution >= 4 is 5.91 Å². The van der Waals surface area contributed by atoms with Crippen molar-refractivity contribution in [2.75, 3.05) is 6.54 Å². The normalized spacial score (nSPS) is 21.4. The van der Waals surface area contributed by atoms with Crippen LogP contribution in [0.3, 0.4) is 0 Å². The number of benzene rings is 1. The van der Waals surface area contributed by atoms with Gasteiger partial charge in [-0.3, -0.25) is 4.79 Å². The summed E-state index contributed by atoms with van der Waals surface area (Å²) in [4.78, 5) is 12.1. The Hall–Kier alpha value is -1.35. The molecule has 3 rings (SSSR count). The fourth-order valence-corrected chi connectivity index (χ4v) is 3.56. The molecule has 0 aromatic heterocycles. The van der Waals surface area contributed by atoms with Gasteiger partial charge in [0.1, 0.15) is 0 Å². The molecule has 0 unspecified atom stereocenters. The quantitative estimate of drug-likeness (QED) is 0.887. The molecule has 1 fully saturated rings. The number of carbonyl (C=O) groups excluding carboxylic acids is 1. The molecule has 0 bridgehead atoms. The van der Waals surface area contributed by atoms with Gasteiger partial charge in [-0.15, -0.1) is 0 Å². The summed E-state index contributed by atoms with van der Waals surface area (Å²) in [7, 11) is 0. The molecular weight excluding hydrogens is 250 g/mol. The molecule has 0 radical (unpaired) electrons. The molecule has 20 heavy (non-hydrogen) atoms. The number of hydrogen-bond donors (Lipinski definition) is 2. The van der Waals surface area contributed by atoms with Gasteiger partial charge in [-0.25, -0.2) is 0 Å². The topological polar surface area (TPSA) is 49.3 Å². The summed E-state index contributed by atoms with van der Waals surface area (Å²) in [5.74, 6) is 0.296. The molecule has 1 saturated carbocycles. The summed E-state index contributed by atoms with van der Waals surface area (Å²) in [5.41, 5.74) is 1.62. The second-order valence-electron chi connectivity index (χ2n) is 6.40. The lowest BCUT2D eigenvalue weighted by atomic mass is 9.88. The summed E-state index contributed by atoms with van der Waals surface area (Å²) in [6.07, 6.45) is 6.88. The van der Waals surface area contributed by atoms with Crippen molar-refractivity contribution in [2.45, 2.75) is 50.5 Å². The minimum atomic E-state index is -0.798. The van der Waals surface area contributed by atoms with Gasteiger partial charge in [-0.1, -0.05) is 43.5 Å². The Morgan fingerprint density at radius 3 is 2.35 bits per heavy atom. The van der Waals surface area contributed by atoms with Crippen LogP contribution in [0.4, 0.5) is 0 Å². The molecule has 0 aliphatic heterocycles. The fraction of sp³-hybridized carbons (Fsp3) is 0.588. The van der Waals surface area contributed by atoms with E-state index in [4.69, 9.17) is 0 Å². The average Bonchev–Trinajstić information content (AvgIpc) is 2.82. The minimum absolute atomic E-state index is 0.133. The van der Waals surface area contributed by atoms with E-state index in [0.717, 1.165) is 25.7 Å². The highest BCUT2D eigenvalue weighted by atomic mass is 16.3. The zero-order valence-electron chi connectivity index (χ0n) is 11.9. The molecule has 108 valence electrons. The third kappa shape index (κ3) is 2.88. The summed E-state index contributed by atoms with van der Waals surface area (Å²) in [6.45, 7) is 0.372. The molecule has 0 spiro atoms. The molecule has 0 atom stereocenters.